The van der Waals surface area contributed by atoms with Crippen molar-refractivity contribution < 1.29 is 28.2 Å². The van der Waals surface area contributed by atoms with Crippen molar-refractivity contribution in [3.05, 3.63) is 88.5 Å². The van der Waals surface area contributed by atoms with Gasteiger partial charge in [0, 0.05) is 11.6 Å². The third-order valence-corrected chi connectivity index (χ3v) is 7.21. The lowest BCUT2D eigenvalue weighted by Gasteiger charge is -2.17. The predicted octanol–water partition coefficient (Wildman–Crippen LogP) is 5.66. The van der Waals surface area contributed by atoms with Gasteiger partial charge in [0.05, 0.1) is 23.6 Å². The zero-order valence-corrected chi connectivity index (χ0v) is 22.0. The molecule has 0 radical (unpaired) electrons. The molecule has 1 aromatic heterocycles. The van der Waals surface area contributed by atoms with Crippen LogP contribution in [0.4, 0.5) is 0 Å². The van der Waals surface area contributed by atoms with Crippen molar-refractivity contribution in [2.75, 3.05) is 13.2 Å². The third kappa shape index (κ3) is 6.02. The average molecular weight is 536 g/mol. The SMILES string of the molecule is CC1(C)OCC(COC(=O)c2ccc(-c3ccc(/C=C4/SC(=S)N(Cc5ccccc5)C4=O)o3)cc2)O1. The van der Waals surface area contributed by atoms with Crippen LogP contribution in [0.15, 0.2) is 76.1 Å². The van der Waals surface area contributed by atoms with Crippen LogP contribution < -0.4 is 0 Å². The zero-order chi connectivity index (χ0) is 26.0. The highest BCUT2D eigenvalue weighted by Gasteiger charge is 2.34. The third-order valence-electron chi connectivity index (χ3n) is 5.83. The van der Waals surface area contributed by atoms with E-state index in [9.17, 15) is 9.59 Å². The fourth-order valence-corrected chi connectivity index (χ4v) is 5.22. The minimum atomic E-state index is -0.659. The number of carbonyl (C=O) groups is 2. The van der Waals surface area contributed by atoms with E-state index in [0.717, 1.165) is 11.1 Å². The van der Waals surface area contributed by atoms with E-state index in [1.54, 1.807) is 41.3 Å². The number of nitrogens with zero attached hydrogens (tertiary/aromatic N) is 1. The van der Waals surface area contributed by atoms with E-state index in [1.807, 2.05) is 50.2 Å². The van der Waals surface area contributed by atoms with Gasteiger partial charge in [-0.25, -0.2) is 4.79 Å². The number of rotatable bonds is 7. The molecule has 37 heavy (non-hydrogen) atoms. The summed E-state index contributed by atoms with van der Waals surface area (Å²) in [5, 5.41) is 0. The quantitative estimate of drug-likeness (QED) is 0.218. The van der Waals surface area contributed by atoms with Gasteiger partial charge in [0.15, 0.2) is 5.79 Å². The fourth-order valence-electron chi connectivity index (χ4n) is 3.98. The van der Waals surface area contributed by atoms with Crippen molar-refractivity contribution in [2.24, 2.45) is 0 Å². The maximum Gasteiger partial charge on any atom is 0.338 e. The van der Waals surface area contributed by atoms with Crippen LogP contribution in [-0.2, 0) is 25.5 Å². The summed E-state index contributed by atoms with van der Waals surface area (Å²) in [5.41, 5.74) is 2.23. The van der Waals surface area contributed by atoms with Gasteiger partial charge in [0.25, 0.3) is 5.91 Å². The highest BCUT2D eigenvalue weighted by atomic mass is 32.2. The lowest BCUT2D eigenvalue weighted by molar-refractivity contribution is -0.142. The number of hydrogen-bond donors (Lipinski definition) is 0. The first-order valence-corrected chi connectivity index (χ1v) is 13.0. The van der Waals surface area contributed by atoms with E-state index in [1.165, 1.54) is 11.8 Å². The Labute approximate surface area is 224 Å². The number of carbonyl (C=O) groups excluding carboxylic acids is 2. The largest absolute Gasteiger partial charge is 0.459 e. The molecule has 190 valence electrons. The highest BCUT2D eigenvalue weighted by Crippen LogP contribution is 2.34. The number of esters is 1. The monoisotopic (exact) mass is 535 g/mol. The molecule has 9 heteroatoms. The fraction of sp³-hybridized carbons (Fsp3) is 0.250. The molecule has 0 aliphatic carbocycles. The Balaban J connectivity index is 1.20. The van der Waals surface area contributed by atoms with Crippen LogP contribution in [0.5, 0.6) is 0 Å². The molecule has 1 unspecified atom stereocenters. The van der Waals surface area contributed by atoms with Gasteiger partial charge < -0.3 is 18.6 Å². The van der Waals surface area contributed by atoms with Crippen LogP contribution in [0.25, 0.3) is 17.4 Å². The molecule has 7 nitrogen and oxygen atoms in total. The van der Waals surface area contributed by atoms with Gasteiger partial charge >= 0.3 is 5.97 Å². The molecule has 3 heterocycles. The molecule has 2 saturated heterocycles. The first-order valence-electron chi connectivity index (χ1n) is 11.8. The Bertz CT molecular complexity index is 1350. The maximum atomic E-state index is 12.9. The molecule has 3 aromatic rings. The summed E-state index contributed by atoms with van der Waals surface area (Å²) >= 11 is 6.69. The second kappa shape index (κ2) is 10.6. The number of hydrogen-bond acceptors (Lipinski definition) is 8. The van der Waals surface area contributed by atoms with Crippen LogP contribution in [0.1, 0.15) is 35.5 Å². The van der Waals surface area contributed by atoms with Crippen molar-refractivity contribution in [3.8, 4) is 11.3 Å². The van der Waals surface area contributed by atoms with Gasteiger partial charge in [-0.15, -0.1) is 0 Å². The molecule has 2 aliphatic rings. The van der Waals surface area contributed by atoms with Crippen LogP contribution in [-0.4, -0.2) is 46.2 Å². The van der Waals surface area contributed by atoms with E-state index >= 15 is 0 Å². The van der Waals surface area contributed by atoms with Crippen molar-refractivity contribution >= 4 is 46.3 Å². The van der Waals surface area contributed by atoms with E-state index in [0.29, 0.717) is 39.5 Å². The summed E-state index contributed by atoms with van der Waals surface area (Å²) in [4.78, 5) is 27.4. The number of amides is 1. The number of thiocarbonyl (C=S) groups is 1. The first kappa shape index (κ1) is 25.4. The Hall–Kier alpha value is -3.24. The van der Waals surface area contributed by atoms with Gasteiger partial charge in [-0.3, -0.25) is 9.69 Å². The molecule has 2 aliphatic heterocycles. The second-order valence-corrected chi connectivity index (χ2v) is 10.8. The van der Waals surface area contributed by atoms with E-state index in [-0.39, 0.29) is 18.6 Å². The molecular weight excluding hydrogens is 510 g/mol. The Morgan fingerprint density at radius 3 is 2.59 bits per heavy atom. The lowest BCUT2D eigenvalue weighted by Crippen LogP contribution is -2.27. The van der Waals surface area contributed by atoms with Crippen LogP contribution in [0, 0.1) is 0 Å². The molecule has 0 bridgehead atoms. The molecule has 0 spiro atoms. The van der Waals surface area contributed by atoms with Gasteiger partial charge in [0.1, 0.15) is 28.6 Å². The topological polar surface area (TPSA) is 78.2 Å². The van der Waals surface area contributed by atoms with Gasteiger partial charge in [-0.1, -0.05) is 66.4 Å². The minimum Gasteiger partial charge on any atom is -0.459 e. The molecule has 0 N–H and O–H groups in total. The summed E-state index contributed by atoms with van der Waals surface area (Å²) in [6, 6.07) is 20.3. The lowest BCUT2D eigenvalue weighted by atomic mass is 10.1. The molecule has 2 aromatic carbocycles. The number of thioether (sulfide) groups is 1. The molecular formula is C28H25NO6S2. The van der Waals surface area contributed by atoms with Crippen LogP contribution >= 0.6 is 24.0 Å². The highest BCUT2D eigenvalue weighted by molar-refractivity contribution is 8.26. The van der Waals surface area contributed by atoms with E-state index in [4.69, 9.17) is 30.8 Å². The summed E-state index contributed by atoms with van der Waals surface area (Å²) < 4.78 is 23.0. The normalized spacial score (nSPS) is 20.1. The van der Waals surface area contributed by atoms with Gasteiger partial charge in [-0.2, -0.15) is 0 Å². The molecule has 2 fully saturated rings. The van der Waals surface area contributed by atoms with Crippen molar-refractivity contribution in [2.45, 2.75) is 32.3 Å². The smallest absolute Gasteiger partial charge is 0.338 e. The summed E-state index contributed by atoms with van der Waals surface area (Å²) in [7, 11) is 0. The average Bonchev–Trinajstić information content (AvgIpc) is 3.57. The minimum absolute atomic E-state index is 0.128. The van der Waals surface area contributed by atoms with Crippen LogP contribution in [0.2, 0.25) is 0 Å². The molecule has 1 atom stereocenters. The number of furan rings is 1. The molecule has 1 amide bonds. The molecule has 5 rings (SSSR count). The predicted molar refractivity (Wildman–Crippen MR) is 144 cm³/mol. The zero-order valence-electron chi connectivity index (χ0n) is 20.3. The standard InChI is InChI=1S/C28H25NO6S2/c1-28(2)33-17-22(35-28)16-32-26(31)20-10-8-19(9-11-20)23-13-12-21(34-23)14-24-25(30)29(27(36)37-24)15-18-6-4-3-5-7-18/h3-14,22H,15-17H2,1-2H3/b24-14+. The maximum absolute atomic E-state index is 12.9. The summed E-state index contributed by atoms with van der Waals surface area (Å²) in [5.74, 6) is -0.0753. The van der Waals surface area contributed by atoms with Gasteiger partial charge in [-0.05, 0) is 43.7 Å². The van der Waals surface area contributed by atoms with Gasteiger partial charge in [0.2, 0.25) is 0 Å². The number of ether oxygens (including phenoxy) is 3. The number of benzene rings is 2. The van der Waals surface area contributed by atoms with Crippen LogP contribution in [0.3, 0.4) is 0 Å². The van der Waals surface area contributed by atoms with Crippen molar-refractivity contribution in [3.63, 3.8) is 0 Å². The Morgan fingerprint density at radius 2 is 1.89 bits per heavy atom. The Morgan fingerprint density at radius 1 is 1.14 bits per heavy atom. The second-order valence-electron chi connectivity index (χ2n) is 9.08. The summed E-state index contributed by atoms with van der Waals surface area (Å²) in [6.45, 7) is 4.59. The summed E-state index contributed by atoms with van der Waals surface area (Å²) in [6.07, 6.45) is 1.42. The first-order chi connectivity index (χ1) is 17.8. The molecule has 0 saturated carbocycles. The van der Waals surface area contributed by atoms with E-state index < -0.39 is 11.8 Å². The van der Waals surface area contributed by atoms with Crippen molar-refractivity contribution in [1.29, 1.82) is 0 Å². The Kier molecular flexibility index (Phi) is 7.30. The van der Waals surface area contributed by atoms with E-state index in [2.05, 4.69) is 0 Å². The van der Waals surface area contributed by atoms with Crippen molar-refractivity contribution in [1.82, 2.24) is 4.90 Å².